The van der Waals surface area contributed by atoms with Crippen molar-refractivity contribution in [2.24, 2.45) is 5.73 Å². The SMILES string of the molecule is COc1ccc(Br)cc1CSc1nc2ccccc2nc1NCC(C)(C)N. The molecule has 0 amide bonds. The first-order chi connectivity index (χ1) is 12.9. The van der Waals surface area contributed by atoms with Gasteiger partial charge >= 0.3 is 0 Å². The van der Waals surface area contributed by atoms with E-state index < -0.39 is 0 Å². The minimum Gasteiger partial charge on any atom is -0.496 e. The molecule has 27 heavy (non-hydrogen) atoms. The third-order valence-corrected chi connectivity index (χ3v) is 5.36. The van der Waals surface area contributed by atoms with Crippen LogP contribution in [0.3, 0.4) is 0 Å². The van der Waals surface area contributed by atoms with Crippen LogP contribution in [0.5, 0.6) is 5.75 Å². The first kappa shape index (κ1) is 19.9. The van der Waals surface area contributed by atoms with Gasteiger partial charge in [0.15, 0.2) is 5.82 Å². The Balaban J connectivity index is 1.90. The van der Waals surface area contributed by atoms with Crippen molar-refractivity contribution >= 4 is 44.5 Å². The summed E-state index contributed by atoms with van der Waals surface area (Å²) in [6, 6.07) is 13.9. The number of rotatable bonds is 7. The summed E-state index contributed by atoms with van der Waals surface area (Å²) >= 11 is 5.15. The highest BCUT2D eigenvalue weighted by molar-refractivity contribution is 9.10. The molecule has 0 spiro atoms. The van der Waals surface area contributed by atoms with Crippen LogP contribution in [0.4, 0.5) is 5.82 Å². The first-order valence-electron chi connectivity index (χ1n) is 8.60. The predicted octanol–water partition coefficient (Wildman–Crippen LogP) is 4.84. The van der Waals surface area contributed by atoms with Crippen molar-refractivity contribution in [2.75, 3.05) is 19.0 Å². The number of aromatic nitrogens is 2. The number of nitrogens with one attached hydrogen (secondary N) is 1. The summed E-state index contributed by atoms with van der Waals surface area (Å²) in [5, 5.41) is 4.21. The molecule has 1 heterocycles. The second-order valence-corrected chi connectivity index (χ2v) is 8.83. The Morgan fingerprint density at radius 1 is 1.15 bits per heavy atom. The number of hydrogen-bond acceptors (Lipinski definition) is 6. The lowest BCUT2D eigenvalue weighted by Crippen LogP contribution is -2.39. The van der Waals surface area contributed by atoms with Gasteiger partial charge in [-0.1, -0.05) is 39.8 Å². The lowest BCUT2D eigenvalue weighted by Gasteiger charge is -2.20. The number of nitrogens with zero attached hydrogens (tertiary/aromatic N) is 2. The molecule has 1 aromatic heterocycles. The summed E-state index contributed by atoms with van der Waals surface area (Å²) in [4.78, 5) is 9.57. The van der Waals surface area contributed by atoms with Gasteiger partial charge in [0, 0.05) is 27.9 Å². The highest BCUT2D eigenvalue weighted by atomic mass is 79.9. The quantitative estimate of drug-likeness (QED) is 0.505. The minimum atomic E-state index is -0.344. The lowest BCUT2D eigenvalue weighted by molar-refractivity contribution is 0.411. The summed E-state index contributed by atoms with van der Waals surface area (Å²) in [5.74, 6) is 2.33. The molecule has 3 aromatic rings. The van der Waals surface area contributed by atoms with Crippen LogP contribution in [-0.2, 0) is 5.75 Å². The maximum atomic E-state index is 6.13. The molecule has 0 atom stereocenters. The van der Waals surface area contributed by atoms with Crippen molar-refractivity contribution in [1.82, 2.24) is 9.97 Å². The Bertz CT molecular complexity index is 943. The van der Waals surface area contributed by atoms with Gasteiger partial charge in [-0.15, -0.1) is 0 Å². The average molecular weight is 447 g/mol. The van der Waals surface area contributed by atoms with Crippen LogP contribution in [0, 0.1) is 0 Å². The molecule has 0 saturated carbocycles. The van der Waals surface area contributed by atoms with Crippen molar-refractivity contribution in [2.45, 2.75) is 30.2 Å². The fraction of sp³-hybridized carbons (Fsp3) is 0.300. The second-order valence-electron chi connectivity index (χ2n) is 6.95. The number of methoxy groups -OCH3 is 1. The molecule has 0 aliphatic heterocycles. The molecule has 0 aliphatic carbocycles. The van der Waals surface area contributed by atoms with E-state index >= 15 is 0 Å². The van der Waals surface area contributed by atoms with Crippen LogP contribution < -0.4 is 15.8 Å². The highest BCUT2D eigenvalue weighted by Gasteiger charge is 2.15. The summed E-state index contributed by atoms with van der Waals surface area (Å²) in [7, 11) is 1.68. The fourth-order valence-electron chi connectivity index (χ4n) is 2.52. The van der Waals surface area contributed by atoms with Gasteiger partial charge in [0.2, 0.25) is 0 Å². The Morgan fingerprint density at radius 2 is 1.85 bits per heavy atom. The van der Waals surface area contributed by atoms with Crippen LogP contribution >= 0.6 is 27.7 Å². The number of fused-ring (bicyclic) bond motifs is 1. The van der Waals surface area contributed by atoms with E-state index in [1.807, 2.05) is 50.2 Å². The Hall–Kier alpha value is -1.83. The van der Waals surface area contributed by atoms with Crippen molar-refractivity contribution in [3.63, 3.8) is 0 Å². The van der Waals surface area contributed by atoms with Crippen LogP contribution in [0.2, 0.25) is 0 Å². The van der Waals surface area contributed by atoms with Crippen LogP contribution in [0.1, 0.15) is 19.4 Å². The summed E-state index contributed by atoms with van der Waals surface area (Å²) in [6.07, 6.45) is 0. The number of thioether (sulfide) groups is 1. The average Bonchev–Trinajstić information content (AvgIpc) is 2.63. The number of nitrogens with two attached hydrogens (primary N) is 1. The lowest BCUT2D eigenvalue weighted by atomic mass is 10.1. The fourth-order valence-corrected chi connectivity index (χ4v) is 3.86. The zero-order valence-corrected chi connectivity index (χ0v) is 18.0. The number of halogens is 1. The molecule has 3 rings (SSSR count). The maximum absolute atomic E-state index is 6.13. The number of para-hydroxylation sites is 2. The summed E-state index contributed by atoms with van der Waals surface area (Å²) in [5.41, 5.74) is 8.61. The maximum Gasteiger partial charge on any atom is 0.159 e. The normalized spacial score (nSPS) is 11.6. The van der Waals surface area contributed by atoms with Crippen LogP contribution in [-0.4, -0.2) is 29.2 Å². The zero-order chi connectivity index (χ0) is 19.4. The Labute approximate surface area is 172 Å². The van der Waals surface area contributed by atoms with Crippen molar-refractivity contribution in [3.05, 3.63) is 52.5 Å². The van der Waals surface area contributed by atoms with Gasteiger partial charge in [-0.05, 0) is 44.2 Å². The number of hydrogen-bond donors (Lipinski definition) is 2. The highest BCUT2D eigenvalue weighted by Crippen LogP contribution is 2.33. The van der Waals surface area contributed by atoms with E-state index in [4.69, 9.17) is 20.4 Å². The molecule has 7 heteroatoms. The molecule has 0 fully saturated rings. The van der Waals surface area contributed by atoms with Gasteiger partial charge in [-0.2, -0.15) is 0 Å². The van der Waals surface area contributed by atoms with Crippen LogP contribution in [0.25, 0.3) is 11.0 Å². The van der Waals surface area contributed by atoms with E-state index in [1.165, 1.54) is 0 Å². The van der Waals surface area contributed by atoms with Crippen LogP contribution in [0.15, 0.2) is 52.0 Å². The van der Waals surface area contributed by atoms with E-state index in [0.717, 1.165) is 43.4 Å². The largest absolute Gasteiger partial charge is 0.496 e. The monoisotopic (exact) mass is 446 g/mol. The summed E-state index contributed by atoms with van der Waals surface area (Å²) < 4.78 is 6.50. The number of ether oxygens (including phenoxy) is 1. The molecule has 0 saturated heterocycles. The Morgan fingerprint density at radius 3 is 2.52 bits per heavy atom. The molecule has 0 aliphatic rings. The molecular formula is C20H23BrN4OS. The van der Waals surface area contributed by atoms with Gasteiger partial charge in [-0.25, -0.2) is 9.97 Å². The summed E-state index contributed by atoms with van der Waals surface area (Å²) in [6.45, 7) is 4.56. The van der Waals surface area contributed by atoms with Gasteiger partial charge in [-0.3, -0.25) is 0 Å². The third kappa shape index (κ3) is 5.34. The van der Waals surface area contributed by atoms with Crippen molar-refractivity contribution in [1.29, 1.82) is 0 Å². The molecule has 0 bridgehead atoms. The van der Waals surface area contributed by atoms with Gasteiger partial charge in [0.05, 0.1) is 18.1 Å². The zero-order valence-electron chi connectivity index (χ0n) is 15.6. The molecule has 5 nitrogen and oxygen atoms in total. The van der Waals surface area contributed by atoms with Crippen molar-refractivity contribution < 1.29 is 4.74 Å². The number of benzene rings is 2. The van der Waals surface area contributed by atoms with Gasteiger partial charge in [0.1, 0.15) is 10.8 Å². The molecule has 3 N–H and O–H groups in total. The molecule has 0 unspecified atom stereocenters. The van der Waals surface area contributed by atoms with E-state index in [-0.39, 0.29) is 5.54 Å². The first-order valence-corrected chi connectivity index (χ1v) is 10.4. The van der Waals surface area contributed by atoms with E-state index in [2.05, 4.69) is 27.3 Å². The molecule has 0 radical (unpaired) electrons. The third-order valence-electron chi connectivity index (χ3n) is 3.86. The second kappa shape index (κ2) is 8.46. The van der Waals surface area contributed by atoms with Crippen molar-refractivity contribution in [3.8, 4) is 5.75 Å². The van der Waals surface area contributed by atoms with E-state index in [9.17, 15) is 0 Å². The molecular weight excluding hydrogens is 424 g/mol. The molecule has 2 aromatic carbocycles. The smallest absolute Gasteiger partial charge is 0.159 e. The van der Waals surface area contributed by atoms with E-state index in [0.29, 0.717) is 6.54 Å². The topological polar surface area (TPSA) is 73.1 Å². The predicted molar refractivity (Wildman–Crippen MR) is 117 cm³/mol. The Kier molecular flexibility index (Phi) is 6.24. The number of anilines is 1. The standard InChI is InChI=1S/C20H23BrN4OS/c1-20(2,22)12-23-18-19(25-16-7-5-4-6-15(16)24-18)27-11-13-10-14(21)8-9-17(13)26-3/h4-10H,11-12,22H2,1-3H3,(H,23,24). The van der Waals surface area contributed by atoms with Gasteiger partial charge in [0.25, 0.3) is 0 Å². The van der Waals surface area contributed by atoms with Gasteiger partial charge < -0.3 is 15.8 Å². The molecule has 142 valence electrons. The minimum absolute atomic E-state index is 0.344. The van der Waals surface area contributed by atoms with E-state index in [1.54, 1.807) is 18.9 Å².